The average molecular weight is 311 g/mol. The second-order valence-corrected chi connectivity index (χ2v) is 7.07. The van der Waals surface area contributed by atoms with Gasteiger partial charge >= 0.3 is 0 Å². The summed E-state index contributed by atoms with van der Waals surface area (Å²) < 4.78 is 0. The van der Waals surface area contributed by atoms with Crippen molar-refractivity contribution in [2.75, 3.05) is 13.1 Å². The monoisotopic (exact) mass is 311 g/mol. The predicted molar refractivity (Wildman–Crippen MR) is 92.3 cm³/mol. The van der Waals surface area contributed by atoms with Crippen LogP contribution in [0.4, 0.5) is 0 Å². The van der Waals surface area contributed by atoms with Crippen molar-refractivity contribution in [3.8, 4) is 11.3 Å². The van der Waals surface area contributed by atoms with Crippen molar-refractivity contribution in [2.45, 2.75) is 40.0 Å². The van der Waals surface area contributed by atoms with Crippen LogP contribution in [0.15, 0.2) is 24.4 Å². The lowest BCUT2D eigenvalue weighted by atomic mass is 10.0. The summed E-state index contributed by atoms with van der Waals surface area (Å²) in [6.45, 7) is 10.1. The number of benzene rings is 1. The van der Waals surface area contributed by atoms with E-state index in [1.165, 1.54) is 11.1 Å². The van der Waals surface area contributed by atoms with Gasteiger partial charge in [-0.1, -0.05) is 26.0 Å². The van der Waals surface area contributed by atoms with E-state index in [-0.39, 0.29) is 11.8 Å². The number of nitrogens with one attached hydrogen (secondary N) is 1. The number of aromatic amines is 1. The predicted octanol–water partition coefficient (Wildman–Crippen LogP) is 3.67. The van der Waals surface area contributed by atoms with Gasteiger partial charge in [-0.3, -0.25) is 4.79 Å². The van der Waals surface area contributed by atoms with Crippen LogP contribution in [0.1, 0.15) is 43.1 Å². The Balaban J connectivity index is 1.77. The van der Waals surface area contributed by atoms with Crippen molar-refractivity contribution in [1.82, 2.24) is 14.9 Å². The van der Waals surface area contributed by atoms with Crippen LogP contribution in [-0.2, 0) is 4.79 Å². The Bertz CT molecular complexity index is 717. The maximum absolute atomic E-state index is 12.1. The molecular formula is C19H25N3O. The van der Waals surface area contributed by atoms with Gasteiger partial charge in [0.2, 0.25) is 5.91 Å². The third-order valence-electron chi connectivity index (χ3n) is 4.60. The van der Waals surface area contributed by atoms with Gasteiger partial charge in [-0.2, -0.15) is 0 Å². The topological polar surface area (TPSA) is 49.0 Å². The lowest BCUT2D eigenvalue weighted by Crippen LogP contribution is -2.29. The molecule has 1 N–H and O–H groups in total. The fourth-order valence-corrected chi connectivity index (χ4v) is 3.17. The summed E-state index contributed by atoms with van der Waals surface area (Å²) in [6.07, 6.45) is 2.45. The number of aromatic nitrogens is 2. The molecule has 0 aliphatic carbocycles. The zero-order valence-corrected chi connectivity index (χ0v) is 14.4. The minimum atomic E-state index is 0.182. The molecule has 0 radical (unpaired) electrons. The van der Waals surface area contributed by atoms with Crippen LogP contribution < -0.4 is 0 Å². The number of likely N-dealkylation sites (tertiary alicyclic amines) is 1. The molecule has 1 fully saturated rings. The Morgan fingerprint density at radius 1 is 1.30 bits per heavy atom. The SMILES string of the molecule is Cc1ccc(-c2cnc([C@H]3CC(=O)N(CC(C)C)C3)[nH]2)cc1C. The Hall–Kier alpha value is -2.10. The van der Waals surface area contributed by atoms with Crippen LogP contribution in [-0.4, -0.2) is 33.9 Å². The van der Waals surface area contributed by atoms with Gasteiger partial charge in [0.15, 0.2) is 0 Å². The number of nitrogens with zero attached hydrogens (tertiary/aromatic N) is 2. The van der Waals surface area contributed by atoms with E-state index in [1.807, 2.05) is 11.1 Å². The van der Waals surface area contributed by atoms with Crippen LogP contribution >= 0.6 is 0 Å². The van der Waals surface area contributed by atoms with Gasteiger partial charge in [0, 0.05) is 25.4 Å². The second-order valence-electron chi connectivity index (χ2n) is 7.07. The van der Waals surface area contributed by atoms with E-state index < -0.39 is 0 Å². The molecule has 1 aliphatic heterocycles. The van der Waals surface area contributed by atoms with Crippen molar-refractivity contribution in [3.63, 3.8) is 0 Å². The fraction of sp³-hybridized carbons (Fsp3) is 0.474. The lowest BCUT2D eigenvalue weighted by Gasteiger charge is -2.18. The summed E-state index contributed by atoms with van der Waals surface area (Å²) in [6, 6.07) is 6.43. The van der Waals surface area contributed by atoms with E-state index in [1.54, 1.807) is 0 Å². The lowest BCUT2D eigenvalue weighted by molar-refractivity contribution is -0.128. The highest BCUT2D eigenvalue weighted by molar-refractivity contribution is 5.79. The molecular weight excluding hydrogens is 286 g/mol. The number of hydrogen-bond acceptors (Lipinski definition) is 2. The number of amides is 1. The highest BCUT2D eigenvalue weighted by Gasteiger charge is 2.32. The quantitative estimate of drug-likeness (QED) is 0.936. The van der Waals surface area contributed by atoms with Crippen LogP contribution in [0.5, 0.6) is 0 Å². The summed E-state index contributed by atoms with van der Waals surface area (Å²) in [7, 11) is 0. The summed E-state index contributed by atoms with van der Waals surface area (Å²) in [5, 5.41) is 0. The molecule has 23 heavy (non-hydrogen) atoms. The van der Waals surface area contributed by atoms with E-state index in [4.69, 9.17) is 0 Å². The molecule has 1 aromatic carbocycles. The van der Waals surface area contributed by atoms with E-state index in [2.05, 4.69) is 55.9 Å². The number of imidazole rings is 1. The standard InChI is InChI=1S/C19H25N3O/c1-12(2)10-22-11-16(8-18(22)23)19-20-9-17(21-19)15-6-5-13(3)14(4)7-15/h5-7,9,12,16H,8,10-11H2,1-4H3,(H,20,21)/t16-/m0/s1. The van der Waals surface area contributed by atoms with Crippen LogP contribution in [0, 0.1) is 19.8 Å². The molecule has 4 heteroatoms. The van der Waals surface area contributed by atoms with E-state index in [9.17, 15) is 4.79 Å². The third-order valence-corrected chi connectivity index (χ3v) is 4.60. The molecule has 1 aromatic heterocycles. The van der Waals surface area contributed by atoms with Crippen molar-refractivity contribution in [1.29, 1.82) is 0 Å². The second kappa shape index (κ2) is 6.19. The summed E-state index contributed by atoms with van der Waals surface area (Å²) in [4.78, 5) is 22.1. The van der Waals surface area contributed by atoms with Gasteiger partial charge in [0.1, 0.15) is 5.82 Å². The largest absolute Gasteiger partial charge is 0.342 e. The highest BCUT2D eigenvalue weighted by Crippen LogP contribution is 2.29. The Morgan fingerprint density at radius 3 is 2.78 bits per heavy atom. The first kappa shape index (κ1) is 15.8. The molecule has 2 aromatic rings. The summed E-state index contributed by atoms with van der Waals surface area (Å²) in [5.74, 6) is 1.85. The molecule has 3 rings (SSSR count). The van der Waals surface area contributed by atoms with Crippen LogP contribution in [0.25, 0.3) is 11.3 Å². The first-order chi connectivity index (χ1) is 10.9. The van der Waals surface area contributed by atoms with Gasteiger partial charge in [-0.25, -0.2) is 4.98 Å². The maximum Gasteiger partial charge on any atom is 0.223 e. The van der Waals surface area contributed by atoms with Crippen LogP contribution in [0.2, 0.25) is 0 Å². The van der Waals surface area contributed by atoms with Gasteiger partial charge in [-0.05, 0) is 42.5 Å². The van der Waals surface area contributed by atoms with Gasteiger partial charge < -0.3 is 9.88 Å². The van der Waals surface area contributed by atoms with E-state index in [0.29, 0.717) is 12.3 Å². The zero-order valence-electron chi connectivity index (χ0n) is 14.4. The molecule has 0 unspecified atom stereocenters. The Kier molecular flexibility index (Phi) is 4.24. The van der Waals surface area contributed by atoms with Crippen molar-refractivity contribution >= 4 is 5.91 Å². The first-order valence-corrected chi connectivity index (χ1v) is 8.34. The number of H-pyrrole nitrogens is 1. The average Bonchev–Trinajstić information content (AvgIpc) is 3.09. The minimum absolute atomic E-state index is 0.182. The highest BCUT2D eigenvalue weighted by atomic mass is 16.2. The normalized spacial score (nSPS) is 18.2. The Morgan fingerprint density at radius 2 is 2.09 bits per heavy atom. The smallest absolute Gasteiger partial charge is 0.223 e. The molecule has 0 spiro atoms. The number of carbonyl (C=O) groups is 1. The number of aryl methyl sites for hydroxylation is 2. The number of rotatable bonds is 4. The number of carbonyl (C=O) groups excluding carboxylic acids is 1. The first-order valence-electron chi connectivity index (χ1n) is 8.34. The molecule has 2 heterocycles. The third kappa shape index (κ3) is 3.31. The van der Waals surface area contributed by atoms with Crippen molar-refractivity contribution in [2.24, 2.45) is 5.92 Å². The summed E-state index contributed by atoms with van der Waals surface area (Å²) in [5.41, 5.74) is 4.74. The molecule has 1 aliphatic rings. The zero-order chi connectivity index (χ0) is 16.6. The molecule has 0 saturated carbocycles. The van der Waals surface area contributed by atoms with E-state index in [0.717, 1.165) is 30.2 Å². The Labute approximate surface area is 137 Å². The fourth-order valence-electron chi connectivity index (χ4n) is 3.17. The van der Waals surface area contributed by atoms with Gasteiger partial charge in [0.25, 0.3) is 0 Å². The maximum atomic E-state index is 12.1. The van der Waals surface area contributed by atoms with E-state index >= 15 is 0 Å². The summed E-state index contributed by atoms with van der Waals surface area (Å²) >= 11 is 0. The molecule has 0 bridgehead atoms. The van der Waals surface area contributed by atoms with Crippen molar-refractivity contribution in [3.05, 3.63) is 41.3 Å². The van der Waals surface area contributed by atoms with Gasteiger partial charge in [-0.15, -0.1) is 0 Å². The minimum Gasteiger partial charge on any atom is -0.342 e. The van der Waals surface area contributed by atoms with Crippen LogP contribution in [0.3, 0.4) is 0 Å². The molecule has 4 nitrogen and oxygen atoms in total. The molecule has 122 valence electrons. The number of hydrogen-bond donors (Lipinski definition) is 1. The molecule has 1 saturated heterocycles. The molecule has 1 atom stereocenters. The van der Waals surface area contributed by atoms with Crippen molar-refractivity contribution < 1.29 is 4.79 Å². The molecule has 1 amide bonds. The van der Waals surface area contributed by atoms with Gasteiger partial charge in [0.05, 0.1) is 11.9 Å².